The van der Waals surface area contributed by atoms with Gasteiger partial charge in [-0.2, -0.15) is 5.10 Å². The monoisotopic (exact) mass is 532 g/mol. The Morgan fingerprint density at radius 2 is 1.57 bits per heavy atom. The van der Waals surface area contributed by atoms with E-state index in [4.69, 9.17) is 32.7 Å². The molecule has 0 fully saturated rings. The number of benzene rings is 4. The van der Waals surface area contributed by atoms with E-state index < -0.39 is 18.0 Å². The van der Waals surface area contributed by atoms with Crippen molar-refractivity contribution < 1.29 is 19.1 Å². The van der Waals surface area contributed by atoms with Gasteiger partial charge in [-0.1, -0.05) is 77.8 Å². The second kappa shape index (κ2) is 12.2. The summed E-state index contributed by atoms with van der Waals surface area (Å²) in [4.78, 5) is 24.8. The molecule has 1 N–H and O–H groups in total. The first-order valence-corrected chi connectivity index (χ1v) is 12.1. The van der Waals surface area contributed by atoms with E-state index in [1.165, 1.54) is 18.3 Å². The lowest BCUT2D eigenvalue weighted by molar-refractivity contribution is -0.127. The lowest BCUT2D eigenvalue weighted by atomic mass is 10.1. The van der Waals surface area contributed by atoms with Gasteiger partial charge in [-0.3, -0.25) is 4.79 Å². The van der Waals surface area contributed by atoms with Crippen LogP contribution in [-0.4, -0.2) is 24.2 Å². The van der Waals surface area contributed by atoms with Gasteiger partial charge in [0.05, 0.1) is 16.8 Å². The minimum Gasteiger partial charge on any atom is -0.481 e. The summed E-state index contributed by atoms with van der Waals surface area (Å²) >= 11 is 11.9. The molecule has 186 valence electrons. The maximum Gasteiger partial charge on any atom is 0.345 e. The zero-order chi connectivity index (χ0) is 26.2. The fraction of sp³-hybridized carbons (Fsp3) is 0.0690. The molecule has 0 saturated carbocycles. The van der Waals surface area contributed by atoms with E-state index in [9.17, 15) is 9.59 Å². The van der Waals surface area contributed by atoms with Gasteiger partial charge in [0, 0.05) is 5.02 Å². The van der Waals surface area contributed by atoms with Crippen molar-refractivity contribution in [2.45, 2.75) is 13.0 Å². The standard InChI is InChI=1S/C29H22Cl2N2O4/c1-19(36-24-13-10-22(11-14-24)21-7-3-2-4-8-21)28(34)33-32-18-20-6-5-9-25(16-20)37-29(35)26-15-12-23(30)17-27(26)31/h2-19H,1H3,(H,33,34)/b32-18-/t19-/m1/s1. The second-order valence-electron chi connectivity index (χ2n) is 7.97. The van der Waals surface area contributed by atoms with Crippen LogP contribution in [0.2, 0.25) is 10.0 Å². The number of amides is 1. The molecule has 1 atom stereocenters. The minimum atomic E-state index is -0.767. The van der Waals surface area contributed by atoms with Crippen molar-refractivity contribution >= 4 is 41.3 Å². The van der Waals surface area contributed by atoms with Gasteiger partial charge in [0.15, 0.2) is 6.10 Å². The molecule has 6 nitrogen and oxygen atoms in total. The third kappa shape index (κ3) is 7.19. The SMILES string of the molecule is C[C@@H](Oc1ccc(-c2ccccc2)cc1)C(=O)N/N=C\c1cccc(OC(=O)c2ccc(Cl)cc2Cl)c1. The van der Waals surface area contributed by atoms with Gasteiger partial charge in [-0.25, -0.2) is 10.2 Å². The van der Waals surface area contributed by atoms with Gasteiger partial charge >= 0.3 is 5.97 Å². The predicted octanol–water partition coefficient (Wildman–Crippen LogP) is 6.80. The van der Waals surface area contributed by atoms with Crippen LogP contribution in [0.3, 0.4) is 0 Å². The van der Waals surface area contributed by atoms with Gasteiger partial charge in [0.25, 0.3) is 5.91 Å². The van der Waals surface area contributed by atoms with Crippen molar-refractivity contribution in [3.05, 3.63) is 118 Å². The van der Waals surface area contributed by atoms with E-state index >= 15 is 0 Å². The topological polar surface area (TPSA) is 77.0 Å². The summed E-state index contributed by atoms with van der Waals surface area (Å²) in [5.41, 5.74) is 5.41. The Bertz CT molecular complexity index is 1420. The van der Waals surface area contributed by atoms with Crippen LogP contribution in [0.4, 0.5) is 0 Å². The van der Waals surface area contributed by atoms with E-state index in [1.807, 2.05) is 54.6 Å². The Balaban J connectivity index is 1.30. The highest BCUT2D eigenvalue weighted by Crippen LogP contribution is 2.24. The number of nitrogens with zero attached hydrogens (tertiary/aromatic N) is 1. The normalized spacial score (nSPS) is 11.6. The van der Waals surface area contributed by atoms with Crippen LogP contribution in [0.1, 0.15) is 22.8 Å². The average molecular weight is 533 g/mol. The number of carbonyl (C=O) groups is 2. The van der Waals surface area contributed by atoms with Crippen LogP contribution in [0, 0.1) is 0 Å². The first-order valence-electron chi connectivity index (χ1n) is 11.3. The molecule has 4 aromatic rings. The van der Waals surface area contributed by atoms with Gasteiger partial charge in [-0.15, -0.1) is 0 Å². The van der Waals surface area contributed by atoms with Crippen LogP contribution in [0.15, 0.2) is 102 Å². The summed E-state index contributed by atoms with van der Waals surface area (Å²) in [6.45, 7) is 1.64. The number of halogens is 2. The second-order valence-corrected chi connectivity index (χ2v) is 8.81. The Hall–Kier alpha value is -4.13. The fourth-order valence-corrected chi connectivity index (χ4v) is 3.84. The molecule has 0 bridgehead atoms. The van der Waals surface area contributed by atoms with Crippen molar-refractivity contribution in [2.24, 2.45) is 5.10 Å². The molecular weight excluding hydrogens is 511 g/mol. The van der Waals surface area contributed by atoms with E-state index in [0.29, 0.717) is 22.1 Å². The van der Waals surface area contributed by atoms with Gasteiger partial charge in [0.2, 0.25) is 0 Å². The molecule has 0 saturated heterocycles. The molecular formula is C29H22Cl2N2O4. The summed E-state index contributed by atoms with van der Waals surface area (Å²) in [5, 5.41) is 4.59. The fourth-order valence-electron chi connectivity index (χ4n) is 3.35. The van der Waals surface area contributed by atoms with Gasteiger partial charge < -0.3 is 9.47 Å². The number of rotatable bonds is 8. The van der Waals surface area contributed by atoms with Crippen LogP contribution < -0.4 is 14.9 Å². The largest absolute Gasteiger partial charge is 0.481 e. The van der Waals surface area contributed by atoms with Crippen LogP contribution in [0.25, 0.3) is 11.1 Å². The molecule has 0 spiro atoms. The Kier molecular flexibility index (Phi) is 8.56. The van der Waals surface area contributed by atoms with Crippen LogP contribution >= 0.6 is 23.2 Å². The number of carbonyl (C=O) groups excluding carboxylic acids is 2. The quantitative estimate of drug-likeness (QED) is 0.117. The number of esters is 1. The van der Waals surface area contributed by atoms with Gasteiger partial charge in [0.1, 0.15) is 11.5 Å². The van der Waals surface area contributed by atoms with E-state index in [0.717, 1.165) is 11.1 Å². The molecule has 0 aromatic heterocycles. The van der Waals surface area contributed by atoms with Crippen LogP contribution in [0.5, 0.6) is 11.5 Å². The highest BCUT2D eigenvalue weighted by Gasteiger charge is 2.15. The average Bonchev–Trinajstić information content (AvgIpc) is 2.89. The Labute approximate surface area is 224 Å². The highest BCUT2D eigenvalue weighted by atomic mass is 35.5. The van der Waals surface area contributed by atoms with Crippen LogP contribution in [-0.2, 0) is 4.79 Å². The summed E-state index contributed by atoms with van der Waals surface area (Å²) in [7, 11) is 0. The zero-order valence-corrected chi connectivity index (χ0v) is 21.2. The molecule has 1 amide bonds. The third-order valence-electron chi connectivity index (χ3n) is 5.25. The highest BCUT2D eigenvalue weighted by molar-refractivity contribution is 6.36. The molecule has 0 aliphatic heterocycles. The van der Waals surface area contributed by atoms with Crippen molar-refractivity contribution in [2.75, 3.05) is 0 Å². The number of hydrogen-bond acceptors (Lipinski definition) is 5. The molecule has 0 unspecified atom stereocenters. The minimum absolute atomic E-state index is 0.195. The predicted molar refractivity (Wildman–Crippen MR) is 146 cm³/mol. The maximum atomic E-state index is 12.4. The molecule has 0 radical (unpaired) electrons. The molecule has 37 heavy (non-hydrogen) atoms. The summed E-state index contributed by atoms with van der Waals surface area (Å²) in [5.74, 6) is -0.168. The Morgan fingerprint density at radius 1 is 0.838 bits per heavy atom. The molecule has 0 heterocycles. The summed E-state index contributed by atoms with van der Waals surface area (Å²) in [6.07, 6.45) is 0.669. The number of hydrogen-bond donors (Lipinski definition) is 1. The smallest absolute Gasteiger partial charge is 0.345 e. The lowest BCUT2D eigenvalue weighted by Crippen LogP contribution is -2.33. The zero-order valence-electron chi connectivity index (χ0n) is 19.7. The van der Waals surface area contributed by atoms with Crippen molar-refractivity contribution in [3.63, 3.8) is 0 Å². The van der Waals surface area contributed by atoms with E-state index in [1.54, 1.807) is 37.3 Å². The molecule has 4 aromatic carbocycles. The van der Waals surface area contributed by atoms with Crippen molar-refractivity contribution in [1.29, 1.82) is 0 Å². The first-order chi connectivity index (χ1) is 17.9. The number of hydrazone groups is 1. The Morgan fingerprint density at radius 3 is 2.30 bits per heavy atom. The summed E-state index contributed by atoms with van der Waals surface area (Å²) in [6, 6.07) is 28.7. The third-order valence-corrected chi connectivity index (χ3v) is 5.80. The molecule has 4 rings (SSSR count). The van der Waals surface area contributed by atoms with Crippen molar-refractivity contribution in [1.82, 2.24) is 5.43 Å². The first kappa shape index (κ1) is 25.9. The van der Waals surface area contributed by atoms with Crippen molar-refractivity contribution in [3.8, 4) is 22.6 Å². The van der Waals surface area contributed by atoms with E-state index in [2.05, 4.69) is 10.5 Å². The maximum absolute atomic E-state index is 12.4. The van der Waals surface area contributed by atoms with Gasteiger partial charge in [-0.05, 0) is 66.1 Å². The molecule has 8 heteroatoms. The number of ether oxygens (including phenoxy) is 2. The van der Waals surface area contributed by atoms with E-state index in [-0.39, 0.29) is 10.6 Å². The summed E-state index contributed by atoms with van der Waals surface area (Å²) < 4.78 is 11.1. The number of nitrogens with one attached hydrogen (secondary N) is 1. The lowest BCUT2D eigenvalue weighted by Gasteiger charge is -2.13. The molecule has 0 aliphatic carbocycles. The molecule has 0 aliphatic rings.